The Morgan fingerprint density at radius 2 is 2.05 bits per heavy atom. The molecule has 1 saturated heterocycles. The van der Waals surface area contributed by atoms with Crippen molar-refractivity contribution in [1.82, 2.24) is 9.80 Å². The second-order valence-electron chi connectivity index (χ2n) is 6.64. The molecule has 4 nitrogen and oxygen atoms in total. The van der Waals surface area contributed by atoms with E-state index >= 15 is 0 Å². The number of carbonyl (C=O) groups excluding carboxylic acids is 1. The Kier molecular flexibility index (Phi) is 5.14. The molecule has 0 saturated carbocycles. The van der Waals surface area contributed by atoms with Crippen LogP contribution in [0.3, 0.4) is 0 Å². The van der Waals surface area contributed by atoms with E-state index in [1.54, 1.807) is 0 Å². The van der Waals surface area contributed by atoms with Crippen LogP contribution in [0.2, 0.25) is 0 Å². The molecule has 2 rings (SSSR count). The van der Waals surface area contributed by atoms with Gasteiger partial charge in [0.05, 0.1) is 11.5 Å². The van der Waals surface area contributed by atoms with Gasteiger partial charge in [-0.25, -0.2) is 0 Å². The second-order valence-corrected chi connectivity index (χ2v) is 6.64. The van der Waals surface area contributed by atoms with Gasteiger partial charge >= 0.3 is 0 Å². The Bertz CT molecular complexity index is 463. The first-order chi connectivity index (χ1) is 9.94. The zero-order chi connectivity index (χ0) is 15.5. The largest absolute Gasteiger partial charge is 0.392 e. The molecule has 0 bridgehead atoms. The smallest absolute Gasteiger partial charge is 0.131 e. The molecule has 0 radical (unpaired) electrons. The number of likely N-dealkylation sites (N-methyl/N-ethyl adjacent to an activating group) is 1. The highest BCUT2D eigenvalue weighted by Crippen LogP contribution is 2.27. The minimum absolute atomic E-state index is 0.290. The van der Waals surface area contributed by atoms with Crippen molar-refractivity contribution in [2.24, 2.45) is 0 Å². The van der Waals surface area contributed by atoms with Crippen LogP contribution in [-0.4, -0.2) is 67.1 Å². The van der Waals surface area contributed by atoms with E-state index in [1.165, 1.54) is 0 Å². The van der Waals surface area contributed by atoms with Crippen LogP contribution in [0, 0.1) is 0 Å². The van der Waals surface area contributed by atoms with Crippen molar-refractivity contribution in [2.75, 3.05) is 33.7 Å². The second kappa shape index (κ2) is 6.69. The van der Waals surface area contributed by atoms with Gasteiger partial charge in [0.15, 0.2) is 0 Å². The molecule has 1 fully saturated rings. The summed E-state index contributed by atoms with van der Waals surface area (Å²) in [5.74, 6) is 0. The van der Waals surface area contributed by atoms with Crippen molar-refractivity contribution in [3.05, 3.63) is 35.9 Å². The quantitative estimate of drug-likeness (QED) is 0.798. The predicted octanol–water partition coefficient (Wildman–Crippen LogP) is 1.14. The molecule has 4 heteroatoms. The van der Waals surface area contributed by atoms with Crippen LogP contribution in [0.4, 0.5) is 0 Å². The fourth-order valence-electron chi connectivity index (χ4n) is 3.20. The molecule has 3 unspecified atom stereocenters. The van der Waals surface area contributed by atoms with Gasteiger partial charge in [0.25, 0.3) is 0 Å². The fourth-order valence-corrected chi connectivity index (χ4v) is 3.20. The van der Waals surface area contributed by atoms with E-state index in [-0.39, 0.29) is 6.10 Å². The third kappa shape index (κ3) is 3.90. The molecule has 0 aromatic heterocycles. The highest BCUT2D eigenvalue weighted by atomic mass is 16.3. The zero-order valence-corrected chi connectivity index (χ0v) is 13.2. The minimum Gasteiger partial charge on any atom is -0.392 e. The summed E-state index contributed by atoms with van der Waals surface area (Å²) >= 11 is 0. The van der Waals surface area contributed by atoms with E-state index in [9.17, 15) is 9.90 Å². The summed E-state index contributed by atoms with van der Waals surface area (Å²) in [6.07, 6.45) is 1.53. The number of rotatable bonds is 6. The summed E-state index contributed by atoms with van der Waals surface area (Å²) in [6, 6.07) is 10.2. The summed E-state index contributed by atoms with van der Waals surface area (Å²) in [6.45, 7) is 4.18. The lowest BCUT2D eigenvalue weighted by Crippen LogP contribution is -2.45. The third-order valence-electron chi connectivity index (χ3n) is 4.31. The number of β-amino-alcohol motifs (C(OH)–C–C–N with tert-alkyl or cyclic N) is 1. The van der Waals surface area contributed by atoms with Crippen LogP contribution >= 0.6 is 0 Å². The lowest BCUT2D eigenvalue weighted by molar-refractivity contribution is -0.112. The number of hydrogen-bond donors (Lipinski definition) is 1. The molecule has 1 aliphatic rings. The first-order valence-electron chi connectivity index (χ1n) is 7.53. The van der Waals surface area contributed by atoms with Crippen LogP contribution in [-0.2, 0) is 10.2 Å². The molecule has 1 heterocycles. The van der Waals surface area contributed by atoms with Crippen LogP contribution in [0.1, 0.15) is 18.9 Å². The molecule has 0 aliphatic carbocycles. The Morgan fingerprint density at radius 3 is 2.62 bits per heavy atom. The molecule has 116 valence electrons. The highest BCUT2D eigenvalue weighted by Gasteiger charge is 2.37. The number of aldehydes is 1. The molecular formula is C17H26N2O2. The van der Waals surface area contributed by atoms with Crippen LogP contribution in [0.25, 0.3) is 0 Å². The number of aliphatic hydroxyl groups is 1. The van der Waals surface area contributed by atoms with E-state index in [0.29, 0.717) is 19.1 Å². The number of hydrogen-bond acceptors (Lipinski definition) is 4. The van der Waals surface area contributed by atoms with E-state index in [4.69, 9.17) is 0 Å². The number of aliphatic hydroxyl groups excluding tert-OH is 1. The van der Waals surface area contributed by atoms with Gasteiger partial charge in [0.1, 0.15) is 6.29 Å². The minimum atomic E-state index is -0.532. The topological polar surface area (TPSA) is 43.8 Å². The molecular weight excluding hydrogens is 264 g/mol. The van der Waals surface area contributed by atoms with Gasteiger partial charge in [-0.1, -0.05) is 30.3 Å². The van der Waals surface area contributed by atoms with Crippen molar-refractivity contribution >= 4 is 6.29 Å². The standard InChI is InChI=1S/C17H26N2O2/c1-17(13-20,14-7-5-4-6-8-14)12-19-11-16(21)9-15(19)10-18(2)3/h4-8,13,15-16,21H,9-12H2,1-3H3. The maximum Gasteiger partial charge on any atom is 0.131 e. The average Bonchev–Trinajstić information content (AvgIpc) is 2.78. The van der Waals surface area contributed by atoms with Crippen molar-refractivity contribution < 1.29 is 9.90 Å². The zero-order valence-electron chi connectivity index (χ0n) is 13.2. The van der Waals surface area contributed by atoms with Gasteiger partial charge in [-0.2, -0.15) is 0 Å². The van der Waals surface area contributed by atoms with Gasteiger partial charge in [0, 0.05) is 25.7 Å². The fraction of sp³-hybridized carbons (Fsp3) is 0.588. The summed E-state index contributed by atoms with van der Waals surface area (Å²) in [4.78, 5) is 16.1. The van der Waals surface area contributed by atoms with E-state index in [1.807, 2.05) is 51.4 Å². The number of nitrogens with zero attached hydrogens (tertiary/aromatic N) is 2. The average molecular weight is 290 g/mol. The first kappa shape index (κ1) is 16.1. The maximum atomic E-state index is 11.7. The van der Waals surface area contributed by atoms with Crippen molar-refractivity contribution in [2.45, 2.75) is 30.9 Å². The van der Waals surface area contributed by atoms with Gasteiger partial charge in [-0.05, 0) is 33.0 Å². The Hall–Kier alpha value is -1.23. The molecule has 1 aliphatic heterocycles. The normalized spacial score (nSPS) is 26.0. The molecule has 0 amide bonds. The SMILES string of the molecule is CN(C)CC1CC(O)CN1CC(C)(C=O)c1ccccc1. The molecule has 1 aromatic rings. The maximum absolute atomic E-state index is 11.7. The van der Waals surface area contributed by atoms with E-state index in [2.05, 4.69) is 9.80 Å². The molecule has 0 spiro atoms. The summed E-state index contributed by atoms with van der Waals surface area (Å²) in [5, 5.41) is 9.97. The number of benzene rings is 1. The molecule has 1 N–H and O–H groups in total. The summed E-state index contributed by atoms with van der Waals surface area (Å²) < 4.78 is 0. The lowest BCUT2D eigenvalue weighted by Gasteiger charge is -2.34. The van der Waals surface area contributed by atoms with E-state index < -0.39 is 5.41 Å². The monoisotopic (exact) mass is 290 g/mol. The van der Waals surface area contributed by atoms with Gasteiger partial charge in [-0.15, -0.1) is 0 Å². The molecule has 3 atom stereocenters. The van der Waals surface area contributed by atoms with Gasteiger partial charge < -0.3 is 14.8 Å². The Labute approximate surface area is 127 Å². The first-order valence-corrected chi connectivity index (χ1v) is 7.53. The highest BCUT2D eigenvalue weighted by molar-refractivity contribution is 5.68. The number of carbonyl (C=O) groups is 1. The summed E-state index contributed by atoms with van der Waals surface area (Å²) in [5.41, 5.74) is 0.501. The Morgan fingerprint density at radius 1 is 1.38 bits per heavy atom. The molecule has 21 heavy (non-hydrogen) atoms. The van der Waals surface area contributed by atoms with Crippen molar-refractivity contribution in [3.8, 4) is 0 Å². The third-order valence-corrected chi connectivity index (χ3v) is 4.31. The molecule has 1 aromatic carbocycles. The van der Waals surface area contributed by atoms with Crippen LogP contribution < -0.4 is 0 Å². The summed E-state index contributed by atoms with van der Waals surface area (Å²) in [7, 11) is 4.08. The van der Waals surface area contributed by atoms with Crippen LogP contribution in [0.5, 0.6) is 0 Å². The lowest BCUT2D eigenvalue weighted by atomic mass is 9.83. The van der Waals surface area contributed by atoms with Crippen LogP contribution in [0.15, 0.2) is 30.3 Å². The Balaban J connectivity index is 2.15. The predicted molar refractivity (Wildman–Crippen MR) is 84.4 cm³/mol. The number of likely N-dealkylation sites (tertiary alicyclic amines) is 1. The van der Waals surface area contributed by atoms with Gasteiger partial charge in [0.2, 0.25) is 0 Å². The van der Waals surface area contributed by atoms with E-state index in [0.717, 1.165) is 24.8 Å². The van der Waals surface area contributed by atoms with Gasteiger partial charge in [-0.3, -0.25) is 4.90 Å². The van der Waals surface area contributed by atoms with Crippen molar-refractivity contribution in [3.63, 3.8) is 0 Å². The van der Waals surface area contributed by atoms with Crippen molar-refractivity contribution in [1.29, 1.82) is 0 Å².